The number of hydrogen-bond donors (Lipinski definition) is 1. The Bertz CT molecular complexity index is 161. The molecule has 0 aliphatic heterocycles. The second-order valence-corrected chi connectivity index (χ2v) is 5.08. The third kappa shape index (κ3) is 4.98. The molecule has 0 bridgehead atoms. The molecule has 2 atom stereocenters. The summed E-state index contributed by atoms with van der Waals surface area (Å²) in [6, 6.07) is 0. The van der Waals surface area contributed by atoms with Crippen LogP contribution in [0, 0.1) is 5.92 Å². The van der Waals surface area contributed by atoms with Crippen molar-refractivity contribution in [3.63, 3.8) is 0 Å². The molecular weight excluding hydrogens is 186 g/mol. The molecule has 2 heteroatoms. The Kier molecular flexibility index (Phi) is 6.26. The summed E-state index contributed by atoms with van der Waals surface area (Å²) in [6.45, 7) is 4.50. The highest BCUT2D eigenvalue weighted by molar-refractivity contribution is 4.75. The van der Waals surface area contributed by atoms with Crippen LogP contribution in [0.3, 0.4) is 0 Å². The molecule has 0 saturated heterocycles. The topological polar surface area (TPSA) is 23.5 Å². The van der Waals surface area contributed by atoms with Gasteiger partial charge in [0.25, 0.3) is 0 Å². The van der Waals surface area contributed by atoms with E-state index < -0.39 is 0 Å². The van der Waals surface area contributed by atoms with Gasteiger partial charge in [-0.1, -0.05) is 32.6 Å². The van der Waals surface area contributed by atoms with Crippen molar-refractivity contribution in [2.45, 2.75) is 58.0 Å². The summed E-state index contributed by atoms with van der Waals surface area (Å²) >= 11 is 0. The van der Waals surface area contributed by atoms with Gasteiger partial charge in [-0.25, -0.2) is 0 Å². The van der Waals surface area contributed by atoms with Gasteiger partial charge in [-0.05, 0) is 38.8 Å². The van der Waals surface area contributed by atoms with Crippen molar-refractivity contribution in [1.82, 2.24) is 4.90 Å². The van der Waals surface area contributed by atoms with Gasteiger partial charge in [-0.2, -0.15) is 0 Å². The Morgan fingerprint density at radius 3 is 2.67 bits per heavy atom. The van der Waals surface area contributed by atoms with Crippen molar-refractivity contribution in [3.8, 4) is 0 Å². The second kappa shape index (κ2) is 7.24. The lowest BCUT2D eigenvalue weighted by atomic mass is 9.97. The zero-order valence-electron chi connectivity index (χ0n) is 10.4. The van der Waals surface area contributed by atoms with Crippen LogP contribution in [-0.4, -0.2) is 36.2 Å². The molecule has 90 valence electrons. The minimum atomic E-state index is -0.0448. The van der Waals surface area contributed by atoms with E-state index in [4.69, 9.17) is 0 Å². The van der Waals surface area contributed by atoms with Crippen molar-refractivity contribution >= 4 is 0 Å². The molecule has 15 heavy (non-hydrogen) atoms. The first-order chi connectivity index (χ1) is 7.24. The van der Waals surface area contributed by atoms with E-state index in [-0.39, 0.29) is 6.10 Å². The molecule has 0 spiro atoms. The van der Waals surface area contributed by atoms with Crippen LogP contribution in [0.5, 0.6) is 0 Å². The Morgan fingerprint density at radius 2 is 1.93 bits per heavy atom. The standard InChI is InChI=1S/C13H27NO/c1-3-4-10-14(2)11-12-8-6-5-7-9-13(12)15/h12-13,15H,3-11H2,1-2H3. The maximum absolute atomic E-state index is 10.00. The van der Waals surface area contributed by atoms with Gasteiger partial charge in [0.2, 0.25) is 0 Å². The molecule has 1 N–H and O–H groups in total. The number of aliphatic hydroxyl groups excluding tert-OH is 1. The molecule has 2 nitrogen and oxygen atoms in total. The molecule has 1 saturated carbocycles. The maximum atomic E-state index is 10.00. The van der Waals surface area contributed by atoms with E-state index in [0.29, 0.717) is 5.92 Å². The van der Waals surface area contributed by atoms with E-state index in [0.717, 1.165) is 13.0 Å². The van der Waals surface area contributed by atoms with E-state index in [1.165, 1.54) is 45.1 Å². The van der Waals surface area contributed by atoms with E-state index in [9.17, 15) is 5.11 Å². The molecule has 0 aromatic heterocycles. The smallest absolute Gasteiger partial charge is 0.0580 e. The summed E-state index contributed by atoms with van der Waals surface area (Å²) in [4.78, 5) is 2.39. The summed E-state index contributed by atoms with van der Waals surface area (Å²) in [6.07, 6.45) is 8.57. The normalized spacial score (nSPS) is 28.0. The fourth-order valence-corrected chi connectivity index (χ4v) is 2.50. The summed E-state index contributed by atoms with van der Waals surface area (Å²) in [5.41, 5.74) is 0. The van der Waals surface area contributed by atoms with E-state index in [1.807, 2.05) is 0 Å². The molecular formula is C13H27NO. The van der Waals surface area contributed by atoms with Crippen molar-refractivity contribution in [3.05, 3.63) is 0 Å². The second-order valence-electron chi connectivity index (χ2n) is 5.08. The van der Waals surface area contributed by atoms with E-state index >= 15 is 0 Å². The number of nitrogens with zero attached hydrogens (tertiary/aromatic N) is 1. The predicted octanol–water partition coefficient (Wildman–Crippen LogP) is 2.66. The fourth-order valence-electron chi connectivity index (χ4n) is 2.50. The molecule has 2 unspecified atom stereocenters. The van der Waals surface area contributed by atoms with Gasteiger partial charge in [0.15, 0.2) is 0 Å². The first-order valence-electron chi connectivity index (χ1n) is 6.60. The lowest BCUT2D eigenvalue weighted by molar-refractivity contribution is 0.0792. The summed E-state index contributed by atoms with van der Waals surface area (Å²) in [5.74, 6) is 0.523. The van der Waals surface area contributed by atoms with E-state index in [2.05, 4.69) is 18.9 Å². The zero-order chi connectivity index (χ0) is 11.1. The van der Waals surface area contributed by atoms with Crippen molar-refractivity contribution in [2.24, 2.45) is 5.92 Å². The SMILES string of the molecule is CCCCN(C)CC1CCCCCC1O. The van der Waals surface area contributed by atoms with Crippen LogP contribution in [-0.2, 0) is 0 Å². The Labute approximate surface area is 94.7 Å². The third-order valence-electron chi connectivity index (χ3n) is 3.56. The molecule has 0 heterocycles. The Balaban J connectivity index is 2.27. The van der Waals surface area contributed by atoms with Crippen LogP contribution in [0.25, 0.3) is 0 Å². The molecule has 0 aromatic carbocycles. The first kappa shape index (κ1) is 13.0. The highest BCUT2D eigenvalue weighted by atomic mass is 16.3. The van der Waals surface area contributed by atoms with Gasteiger partial charge in [0.1, 0.15) is 0 Å². The number of unbranched alkanes of at least 4 members (excludes halogenated alkanes) is 1. The molecule has 1 rings (SSSR count). The number of rotatable bonds is 5. The zero-order valence-corrected chi connectivity index (χ0v) is 10.4. The van der Waals surface area contributed by atoms with Gasteiger partial charge in [-0.3, -0.25) is 0 Å². The van der Waals surface area contributed by atoms with Crippen molar-refractivity contribution in [2.75, 3.05) is 20.1 Å². The lowest BCUT2D eigenvalue weighted by Crippen LogP contribution is -2.32. The number of aliphatic hydroxyl groups is 1. The largest absolute Gasteiger partial charge is 0.393 e. The van der Waals surface area contributed by atoms with Crippen LogP contribution in [0.1, 0.15) is 51.9 Å². The maximum Gasteiger partial charge on any atom is 0.0580 e. The summed E-state index contributed by atoms with van der Waals surface area (Å²) in [7, 11) is 2.19. The van der Waals surface area contributed by atoms with Crippen molar-refractivity contribution in [1.29, 1.82) is 0 Å². The van der Waals surface area contributed by atoms with Crippen LogP contribution in [0.4, 0.5) is 0 Å². The quantitative estimate of drug-likeness (QED) is 0.710. The van der Waals surface area contributed by atoms with Crippen LogP contribution in [0.15, 0.2) is 0 Å². The summed E-state index contributed by atoms with van der Waals surface area (Å²) in [5, 5.41) is 10.00. The van der Waals surface area contributed by atoms with E-state index in [1.54, 1.807) is 0 Å². The van der Waals surface area contributed by atoms with Crippen LogP contribution >= 0.6 is 0 Å². The highest BCUT2D eigenvalue weighted by Crippen LogP contribution is 2.24. The monoisotopic (exact) mass is 213 g/mol. The Morgan fingerprint density at radius 1 is 1.20 bits per heavy atom. The molecule has 1 aliphatic carbocycles. The molecule has 1 aliphatic rings. The molecule has 0 radical (unpaired) electrons. The fraction of sp³-hybridized carbons (Fsp3) is 1.00. The van der Waals surface area contributed by atoms with Gasteiger partial charge in [0, 0.05) is 6.54 Å². The highest BCUT2D eigenvalue weighted by Gasteiger charge is 2.22. The minimum Gasteiger partial charge on any atom is -0.393 e. The number of hydrogen-bond acceptors (Lipinski definition) is 2. The average molecular weight is 213 g/mol. The van der Waals surface area contributed by atoms with Crippen LogP contribution < -0.4 is 0 Å². The van der Waals surface area contributed by atoms with Gasteiger partial charge >= 0.3 is 0 Å². The van der Waals surface area contributed by atoms with Crippen molar-refractivity contribution < 1.29 is 5.11 Å². The molecule has 0 amide bonds. The van der Waals surface area contributed by atoms with Gasteiger partial charge in [0.05, 0.1) is 6.10 Å². The first-order valence-corrected chi connectivity index (χ1v) is 6.60. The Hall–Kier alpha value is -0.0800. The minimum absolute atomic E-state index is 0.0448. The molecule has 0 aromatic rings. The average Bonchev–Trinajstić information content (AvgIpc) is 2.42. The summed E-state index contributed by atoms with van der Waals surface area (Å²) < 4.78 is 0. The van der Waals surface area contributed by atoms with Gasteiger partial charge < -0.3 is 10.0 Å². The molecule has 1 fully saturated rings. The van der Waals surface area contributed by atoms with Crippen LogP contribution in [0.2, 0.25) is 0 Å². The third-order valence-corrected chi connectivity index (χ3v) is 3.56. The predicted molar refractivity (Wildman–Crippen MR) is 65.0 cm³/mol. The van der Waals surface area contributed by atoms with Gasteiger partial charge in [-0.15, -0.1) is 0 Å². The lowest BCUT2D eigenvalue weighted by Gasteiger charge is -2.26.